The molecule has 6 nitrogen and oxygen atoms in total. The minimum Gasteiger partial charge on any atom is -0.455 e. The number of benzene rings is 1. The fourth-order valence-electron chi connectivity index (χ4n) is 2.77. The predicted octanol–water partition coefficient (Wildman–Crippen LogP) is 1.70. The number of hydrogen-bond donors (Lipinski definition) is 2. The summed E-state index contributed by atoms with van der Waals surface area (Å²) in [5.41, 5.74) is 0.617. The maximum Gasteiger partial charge on any atom is 0.287 e. The second-order valence-corrected chi connectivity index (χ2v) is 8.89. The van der Waals surface area contributed by atoms with Crippen molar-refractivity contribution in [2.75, 3.05) is 26.2 Å². The van der Waals surface area contributed by atoms with Gasteiger partial charge in [0.05, 0.1) is 31.9 Å². The molecule has 1 aromatic carbocycles. The molecule has 0 fully saturated rings. The summed E-state index contributed by atoms with van der Waals surface area (Å²) in [6.07, 6.45) is 0. The largest absolute Gasteiger partial charge is 0.455 e. The van der Waals surface area contributed by atoms with Gasteiger partial charge in [-0.1, -0.05) is 23.7 Å². The highest BCUT2D eigenvalue weighted by molar-refractivity contribution is 7.89. The number of amides is 1. The van der Waals surface area contributed by atoms with Crippen LogP contribution in [-0.4, -0.2) is 40.5 Å². The van der Waals surface area contributed by atoms with Gasteiger partial charge in [-0.2, -0.15) is 0 Å². The third kappa shape index (κ3) is 7.01. The van der Waals surface area contributed by atoms with Crippen LogP contribution in [0.15, 0.2) is 40.8 Å². The summed E-state index contributed by atoms with van der Waals surface area (Å²) in [5.74, 6) is -0.368. The molecule has 1 amide bonds. The fourth-order valence-corrected chi connectivity index (χ4v) is 4.36. The Hall–Kier alpha value is -1.83. The fraction of sp³-hybridized carbons (Fsp3) is 0.421. The van der Waals surface area contributed by atoms with E-state index in [0.29, 0.717) is 17.1 Å². The Kier molecular flexibility index (Phi) is 7.89. The SMILES string of the molecule is CC[NH+](CC)CCNC(=O)c1ccc(CS(=O)(=O)Cc2cccc(Cl)c2)o1. The first-order valence-electron chi connectivity index (χ1n) is 8.98. The number of rotatable bonds is 10. The molecule has 0 radical (unpaired) electrons. The smallest absolute Gasteiger partial charge is 0.287 e. The van der Waals surface area contributed by atoms with Gasteiger partial charge in [-0.25, -0.2) is 8.42 Å². The normalized spacial score (nSPS) is 11.7. The topological polar surface area (TPSA) is 80.8 Å². The molecule has 0 aliphatic rings. The Morgan fingerprint density at radius 1 is 1.15 bits per heavy atom. The average molecular weight is 414 g/mol. The van der Waals surface area contributed by atoms with E-state index in [-0.39, 0.29) is 28.9 Å². The quantitative estimate of drug-likeness (QED) is 0.621. The van der Waals surface area contributed by atoms with Crippen molar-refractivity contribution in [1.82, 2.24) is 5.32 Å². The predicted molar refractivity (Wildman–Crippen MR) is 106 cm³/mol. The van der Waals surface area contributed by atoms with Gasteiger partial charge in [0.15, 0.2) is 15.6 Å². The molecule has 2 rings (SSSR count). The Morgan fingerprint density at radius 2 is 1.89 bits per heavy atom. The molecule has 1 heterocycles. The second-order valence-electron chi connectivity index (χ2n) is 6.39. The summed E-state index contributed by atoms with van der Waals surface area (Å²) < 4.78 is 30.2. The van der Waals surface area contributed by atoms with Crippen molar-refractivity contribution in [3.63, 3.8) is 0 Å². The van der Waals surface area contributed by atoms with Gasteiger partial charge in [-0.05, 0) is 43.7 Å². The van der Waals surface area contributed by atoms with E-state index in [1.807, 2.05) is 0 Å². The molecule has 8 heteroatoms. The van der Waals surface area contributed by atoms with E-state index in [1.165, 1.54) is 17.0 Å². The molecular formula is C19H26ClN2O4S+. The Labute approximate surface area is 165 Å². The number of halogens is 1. The summed E-state index contributed by atoms with van der Waals surface area (Å²) >= 11 is 5.89. The zero-order chi connectivity index (χ0) is 19.9. The van der Waals surface area contributed by atoms with E-state index >= 15 is 0 Å². The number of sulfone groups is 1. The number of quaternary nitrogens is 1. The maximum absolute atomic E-state index is 12.4. The summed E-state index contributed by atoms with van der Waals surface area (Å²) in [5, 5.41) is 3.29. The highest BCUT2D eigenvalue weighted by Crippen LogP contribution is 2.17. The molecule has 148 valence electrons. The summed E-state index contributed by atoms with van der Waals surface area (Å²) in [6.45, 7) is 7.58. The standard InChI is InChI=1S/C19H25ClN2O4S/c1-3-22(4-2)11-10-21-19(23)18-9-8-17(26-18)14-27(24,25)13-15-6-5-7-16(20)12-15/h5-9,12H,3-4,10-11,13-14H2,1-2H3,(H,21,23)/p+1. The Bertz CT molecular complexity index is 860. The lowest BCUT2D eigenvalue weighted by Gasteiger charge is -2.15. The molecule has 0 spiro atoms. The van der Waals surface area contributed by atoms with Crippen LogP contribution in [0.5, 0.6) is 0 Å². The molecule has 0 unspecified atom stereocenters. The Balaban J connectivity index is 1.91. The van der Waals surface area contributed by atoms with Gasteiger partial charge in [0, 0.05) is 5.02 Å². The molecule has 0 aliphatic carbocycles. The number of likely N-dealkylation sites (N-methyl/N-ethyl adjacent to an activating group) is 1. The molecule has 0 aliphatic heterocycles. The molecule has 0 saturated heterocycles. The van der Waals surface area contributed by atoms with Gasteiger partial charge >= 0.3 is 0 Å². The Morgan fingerprint density at radius 3 is 2.56 bits per heavy atom. The van der Waals surface area contributed by atoms with Gasteiger partial charge in [0.2, 0.25) is 0 Å². The van der Waals surface area contributed by atoms with Gasteiger partial charge < -0.3 is 14.6 Å². The van der Waals surface area contributed by atoms with Gasteiger partial charge in [0.25, 0.3) is 5.91 Å². The first kappa shape index (κ1) is 21.5. The van der Waals surface area contributed by atoms with Crippen LogP contribution in [0.1, 0.15) is 35.7 Å². The van der Waals surface area contributed by atoms with Crippen LogP contribution < -0.4 is 10.2 Å². The zero-order valence-corrected chi connectivity index (χ0v) is 17.2. The van der Waals surface area contributed by atoms with Crippen LogP contribution in [0.25, 0.3) is 0 Å². The lowest BCUT2D eigenvalue weighted by Crippen LogP contribution is -3.12. The van der Waals surface area contributed by atoms with Crippen molar-refractivity contribution >= 4 is 27.3 Å². The molecule has 27 heavy (non-hydrogen) atoms. The van der Waals surface area contributed by atoms with E-state index in [2.05, 4.69) is 19.2 Å². The average Bonchev–Trinajstić information content (AvgIpc) is 3.06. The summed E-state index contributed by atoms with van der Waals surface area (Å²) in [7, 11) is -3.44. The zero-order valence-electron chi connectivity index (χ0n) is 15.6. The van der Waals surface area contributed by atoms with Crippen LogP contribution in [0.3, 0.4) is 0 Å². The van der Waals surface area contributed by atoms with Crippen LogP contribution in [0.2, 0.25) is 5.02 Å². The van der Waals surface area contributed by atoms with Crippen molar-refractivity contribution in [3.8, 4) is 0 Å². The minimum absolute atomic E-state index is 0.123. The first-order valence-corrected chi connectivity index (χ1v) is 11.2. The maximum atomic E-state index is 12.4. The second kappa shape index (κ2) is 9.92. The molecular weight excluding hydrogens is 388 g/mol. The number of furan rings is 1. The third-order valence-corrected chi connectivity index (χ3v) is 6.02. The van der Waals surface area contributed by atoms with Gasteiger partial charge in [-0.3, -0.25) is 4.79 Å². The van der Waals surface area contributed by atoms with E-state index in [1.54, 1.807) is 24.3 Å². The number of carbonyl (C=O) groups is 1. The highest BCUT2D eigenvalue weighted by Gasteiger charge is 2.18. The van der Waals surface area contributed by atoms with E-state index < -0.39 is 9.84 Å². The van der Waals surface area contributed by atoms with Crippen LogP contribution in [-0.2, 0) is 21.3 Å². The van der Waals surface area contributed by atoms with Crippen LogP contribution in [0.4, 0.5) is 0 Å². The van der Waals surface area contributed by atoms with Gasteiger partial charge in [0.1, 0.15) is 11.5 Å². The van der Waals surface area contributed by atoms with E-state index in [9.17, 15) is 13.2 Å². The molecule has 2 aromatic rings. The summed E-state index contributed by atoms with van der Waals surface area (Å²) in [4.78, 5) is 13.5. The van der Waals surface area contributed by atoms with Crippen molar-refractivity contribution in [2.45, 2.75) is 25.4 Å². The highest BCUT2D eigenvalue weighted by atomic mass is 35.5. The molecule has 0 bridgehead atoms. The number of nitrogens with one attached hydrogen (secondary N) is 2. The van der Waals surface area contributed by atoms with Gasteiger partial charge in [-0.15, -0.1) is 0 Å². The lowest BCUT2D eigenvalue weighted by atomic mass is 10.2. The first-order chi connectivity index (χ1) is 12.8. The molecule has 2 N–H and O–H groups in total. The molecule has 0 atom stereocenters. The van der Waals surface area contributed by atoms with Crippen LogP contribution >= 0.6 is 11.6 Å². The summed E-state index contributed by atoms with van der Waals surface area (Å²) in [6, 6.07) is 9.77. The lowest BCUT2D eigenvalue weighted by molar-refractivity contribution is -0.895. The van der Waals surface area contributed by atoms with Crippen molar-refractivity contribution < 1.29 is 22.5 Å². The third-order valence-electron chi connectivity index (χ3n) is 4.29. The van der Waals surface area contributed by atoms with Crippen molar-refractivity contribution in [2.24, 2.45) is 0 Å². The van der Waals surface area contributed by atoms with E-state index in [0.717, 1.165) is 19.6 Å². The monoisotopic (exact) mass is 413 g/mol. The van der Waals surface area contributed by atoms with Crippen molar-refractivity contribution in [3.05, 3.63) is 58.5 Å². The molecule has 1 aromatic heterocycles. The van der Waals surface area contributed by atoms with E-state index in [4.69, 9.17) is 16.0 Å². The minimum atomic E-state index is -3.44. The number of hydrogen-bond acceptors (Lipinski definition) is 4. The van der Waals surface area contributed by atoms with Crippen LogP contribution in [0, 0.1) is 0 Å². The number of carbonyl (C=O) groups excluding carboxylic acids is 1. The molecule has 0 saturated carbocycles. The van der Waals surface area contributed by atoms with Crippen molar-refractivity contribution in [1.29, 1.82) is 0 Å².